The summed E-state index contributed by atoms with van der Waals surface area (Å²) in [6.07, 6.45) is 4.72. The Kier molecular flexibility index (Phi) is 6.84. The molecule has 6 heteroatoms. The largest absolute Gasteiger partial charge is 0.466 e. The highest BCUT2D eigenvalue weighted by Gasteiger charge is 2.31. The fourth-order valence-corrected chi connectivity index (χ4v) is 1.71. The third kappa shape index (κ3) is 5.53. The number of carbonyl (C=O) groups is 2. The standard InChI is InChI=1S/C15H20O6/c1-5-6-7-12-13(9-19-11(3)20-12)21-14(16)8-10(2)15(17)18-4/h5-8,11-13H,1,9H2,2-4H3/b7-6+,10-8+/t11-,12+,13-/m1/s1. The van der Waals surface area contributed by atoms with Gasteiger partial charge in [0.05, 0.1) is 13.7 Å². The van der Waals surface area contributed by atoms with E-state index in [0.29, 0.717) is 0 Å². The molecule has 0 aromatic heterocycles. The second kappa shape index (κ2) is 8.39. The van der Waals surface area contributed by atoms with Crippen molar-refractivity contribution in [1.82, 2.24) is 0 Å². The maximum atomic E-state index is 11.8. The van der Waals surface area contributed by atoms with Crippen molar-refractivity contribution in [3.63, 3.8) is 0 Å². The van der Waals surface area contributed by atoms with Crippen molar-refractivity contribution in [2.24, 2.45) is 0 Å². The first kappa shape index (κ1) is 17.1. The number of carbonyl (C=O) groups excluding carboxylic acids is 2. The highest BCUT2D eigenvalue weighted by atomic mass is 16.7. The van der Waals surface area contributed by atoms with Gasteiger partial charge in [-0.15, -0.1) is 0 Å². The van der Waals surface area contributed by atoms with Gasteiger partial charge in [0, 0.05) is 11.6 Å². The van der Waals surface area contributed by atoms with E-state index >= 15 is 0 Å². The molecule has 0 radical (unpaired) electrons. The van der Waals surface area contributed by atoms with Crippen LogP contribution in [-0.2, 0) is 28.5 Å². The first-order chi connectivity index (χ1) is 9.97. The van der Waals surface area contributed by atoms with Gasteiger partial charge in [-0.3, -0.25) is 0 Å². The van der Waals surface area contributed by atoms with Crippen LogP contribution in [0.15, 0.2) is 36.5 Å². The Morgan fingerprint density at radius 3 is 2.71 bits per heavy atom. The molecule has 1 aliphatic rings. The summed E-state index contributed by atoms with van der Waals surface area (Å²) in [5.74, 6) is -1.23. The average Bonchev–Trinajstić information content (AvgIpc) is 2.46. The third-order valence-electron chi connectivity index (χ3n) is 2.76. The van der Waals surface area contributed by atoms with Crippen LogP contribution < -0.4 is 0 Å². The van der Waals surface area contributed by atoms with E-state index in [0.717, 1.165) is 6.08 Å². The van der Waals surface area contributed by atoms with Crippen LogP contribution in [0.1, 0.15) is 13.8 Å². The van der Waals surface area contributed by atoms with Gasteiger partial charge in [-0.05, 0) is 13.8 Å². The maximum Gasteiger partial charge on any atom is 0.333 e. The molecule has 0 bridgehead atoms. The normalized spacial score (nSPS) is 26.4. The minimum absolute atomic E-state index is 0.159. The van der Waals surface area contributed by atoms with Gasteiger partial charge in [-0.2, -0.15) is 0 Å². The van der Waals surface area contributed by atoms with Gasteiger partial charge >= 0.3 is 11.9 Å². The quantitative estimate of drug-likeness (QED) is 0.435. The van der Waals surface area contributed by atoms with Gasteiger partial charge in [0.25, 0.3) is 0 Å². The Bertz CT molecular complexity index is 451. The predicted molar refractivity (Wildman–Crippen MR) is 75.3 cm³/mol. The van der Waals surface area contributed by atoms with E-state index in [2.05, 4.69) is 11.3 Å². The van der Waals surface area contributed by atoms with Gasteiger partial charge in [-0.1, -0.05) is 24.8 Å². The fraction of sp³-hybridized carbons (Fsp3) is 0.467. The molecule has 1 fully saturated rings. The van der Waals surface area contributed by atoms with Crippen molar-refractivity contribution in [3.05, 3.63) is 36.5 Å². The third-order valence-corrected chi connectivity index (χ3v) is 2.76. The zero-order chi connectivity index (χ0) is 15.8. The molecule has 0 aliphatic carbocycles. The molecule has 3 atom stereocenters. The van der Waals surface area contributed by atoms with Crippen LogP contribution in [0.3, 0.4) is 0 Å². The van der Waals surface area contributed by atoms with E-state index in [9.17, 15) is 9.59 Å². The Balaban J connectivity index is 2.69. The number of hydrogen-bond donors (Lipinski definition) is 0. The van der Waals surface area contributed by atoms with E-state index in [1.165, 1.54) is 14.0 Å². The Labute approximate surface area is 124 Å². The molecule has 0 saturated carbocycles. The molecule has 0 amide bonds. The van der Waals surface area contributed by atoms with Crippen LogP contribution in [0.25, 0.3) is 0 Å². The Morgan fingerprint density at radius 2 is 2.10 bits per heavy atom. The molecule has 0 spiro atoms. The van der Waals surface area contributed by atoms with Gasteiger partial charge in [0.1, 0.15) is 6.10 Å². The fourth-order valence-electron chi connectivity index (χ4n) is 1.71. The van der Waals surface area contributed by atoms with Crippen molar-refractivity contribution < 1.29 is 28.5 Å². The van der Waals surface area contributed by atoms with E-state index in [1.807, 2.05) is 0 Å². The number of esters is 2. The van der Waals surface area contributed by atoms with Crippen LogP contribution in [0.4, 0.5) is 0 Å². The van der Waals surface area contributed by atoms with Crippen molar-refractivity contribution in [3.8, 4) is 0 Å². The highest BCUT2D eigenvalue weighted by molar-refractivity contribution is 5.95. The van der Waals surface area contributed by atoms with Gasteiger partial charge in [0.2, 0.25) is 0 Å². The second-order valence-corrected chi connectivity index (χ2v) is 4.42. The van der Waals surface area contributed by atoms with Crippen LogP contribution >= 0.6 is 0 Å². The Morgan fingerprint density at radius 1 is 1.38 bits per heavy atom. The average molecular weight is 296 g/mol. The summed E-state index contributed by atoms with van der Waals surface area (Å²) >= 11 is 0. The van der Waals surface area contributed by atoms with Crippen molar-refractivity contribution >= 4 is 11.9 Å². The summed E-state index contributed by atoms with van der Waals surface area (Å²) in [6, 6.07) is 0. The maximum absolute atomic E-state index is 11.8. The van der Waals surface area contributed by atoms with E-state index in [4.69, 9.17) is 14.2 Å². The van der Waals surface area contributed by atoms with Crippen LogP contribution in [0.2, 0.25) is 0 Å². The van der Waals surface area contributed by atoms with Gasteiger partial charge in [0.15, 0.2) is 12.4 Å². The summed E-state index contributed by atoms with van der Waals surface area (Å²) in [5, 5.41) is 0. The number of allylic oxidation sites excluding steroid dienone is 2. The molecule has 6 nitrogen and oxygen atoms in total. The molecule has 0 aromatic carbocycles. The number of rotatable bonds is 5. The van der Waals surface area contributed by atoms with Gasteiger partial charge < -0.3 is 18.9 Å². The van der Waals surface area contributed by atoms with Crippen molar-refractivity contribution in [2.45, 2.75) is 32.3 Å². The lowest BCUT2D eigenvalue weighted by Crippen LogP contribution is -2.44. The lowest BCUT2D eigenvalue weighted by molar-refractivity contribution is -0.237. The van der Waals surface area contributed by atoms with Crippen LogP contribution in [0, 0.1) is 0 Å². The molecule has 21 heavy (non-hydrogen) atoms. The SMILES string of the molecule is C=C/C=C/[C@@H]1O[C@H](C)OC[C@H]1OC(=O)/C=C(\C)C(=O)OC. The lowest BCUT2D eigenvalue weighted by Gasteiger charge is -2.32. The Hall–Kier alpha value is -1.92. The summed E-state index contributed by atoms with van der Waals surface area (Å²) in [6.45, 7) is 7.02. The van der Waals surface area contributed by atoms with Crippen molar-refractivity contribution in [2.75, 3.05) is 13.7 Å². The molecule has 1 aliphatic heterocycles. The molecule has 116 valence electrons. The summed E-state index contributed by atoms with van der Waals surface area (Å²) in [7, 11) is 1.24. The second-order valence-electron chi connectivity index (χ2n) is 4.42. The molecular weight excluding hydrogens is 276 g/mol. The molecule has 0 N–H and O–H groups in total. The zero-order valence-corrected chi connectivity index (χ0v) is 12.4. The summed E-state index contributed by atoms with van der Waals surface area (Å²) < 4.78 is 20.6. The molecule has 1 saturated heterocycles. The van der Waals surface area contributed by atoms with Crippen LogP contribution in [-0.4, -0.2) is 44.2 Å². The minimum atomic E-state index is -0.651. The molecule has 1 heterocycles. The molecule has 1 rings (SSSR count). The smallest absolute Gasteiger partial charge is 0.333 e. The number of methoxy groups -OCH3 is 1. The zero-order valence-electron chi connectivity index (χ0n) is 12.4. The minimum Gasteiger partial charge on any atom is -0.466 e. The summed E-state index contributed by atoms with van der Waals surface area (Å²) in [5.41, 5.74) is 0.159. The van der Waals surface area contributed by atoms with E-state index < -0.39 is 24.1 Å². The molecular formula is C15H20O6. The van der Waals surface area contributed by atoms with Gasteiger partial charge in [-0.25, -0.2) is 9.59 Å². The topological polar surface area (TPSA) is 71.1 Å². The molecule has 0 unspecified atom stereocenters. The first-order valence-electron chi connectivity index (χ1n) is 6.51. The van der Waals surface area contributed by atoms with Crippen LogP contribution in [0.5, 0.6) is 0 Å². The number of ether oxygens (including phenoxy) is 4. The van der Waals surface area contributed by atoms with Crippen molar-refractivity contribution in [1.29, 1.82) is 0 Å². The molecule has 0 aromatic rings. The van der Waals surface area contributed by atoms with E-state index in [1.54, 1.807) is 25.2 Å². The first-order valence-corrected chi connectivity index (χ1v) is 6.51. The summed E-state index contributed by atoms with van der Waals surface area (Å²) in [4.78, 5) is 23.0. The van der Waals surface area contributed by atoms with E-state index in [-0.39, 0.29) is 18.5 Å². The monoisotopic (exact) mass is 296 g/mol. The number of hydrogen-bond acceptors (Lipinski definition) is 6. The highest BCUT2D eigenvalue weighted by Crippen LogP contribution is 2.17. The lowest BCUT2D eigenvalue weighted by atomic mass is 10.1. The predicted octanol–water partition coefficient (Wildman–Crippen LogP) is 1.52.